The molecule has 1 fully saturated rings. The summed E-state index contributed by atoms with van der Waals surface area (Å²) in [5, 5.41) is 5.47. The fourth-order valence-corrected chi connectivity index (χ4v) is 2.01. The first-order valence-electron chi connectivity index (χ1n) is 5.69. The van der Waals surface area contributed by atoms with Crippen LogP contribution in [0.5, 0.6) is 11.5 Å². The van der Waals surface area contributed by atoms with Crippen molar-refractivity contribution in [2.45, 2.75) is 12.5 Å². The van der Waals surface area contributed by atoms with Gasteiger partial charge in [-0.2, -0.15) is 0 Å². The average molecular weight is 248 g/mol. The quantitative estimate of drug-likeness (QED) is 0.774. The maximum atomic E-state index is 12.0. The number of fused-ring (bicyclic) bond motifs is 1. The molecular weight excluding hydrogens is 236 g/mol. The van der Waals surface area contributed by atoms with Crippen molar-refractivity contribution in [2.24, 2.45) is 0 Å². The third kappa shape index (κ3) is 1.97. The predicted octanol–water partition coefficient (Wildman–Crippen LogP) is 0.0336. The van der Waals surface area contributed by atoms with Gasteiger partial charge in [0.2, 0.25) is 12.7 Å². The minimum atomic E-state index is -0.213. The van der Waals surface area contributed by atoms with Crippen molar-refractivity contribution < 1.29 is 19.1 Å². The number of hydrogen-bond donors (Lipinski definition) is 2. The molecule has 0 spiro atoms. The van der Waals surface area contributed by atoms with Gasteiger partial charge in [0.25, 0.3) is 5.91 Å². The smallest absolute Gasteiger partial charge is 0.251 e. The van der Waals surface area contributed by atoms with Crippen molar-refractivity contribution in [2.75, 3.05) is 13.3 Å². The highest BCUT2D eigenvalue weighted by molar-refractivity contribution is 5.95. The van der Waals surface area contributed by atoms with Gasteiger partial charge in [-0.05, 0) is 18.2 Å². The van der Waals surface area contributed by atoms with E-state index in [2.05, 4.69) is 10.6 Å². The van der Waals surface area contributed by atoms with Gasteiger partial charge in [-0.25, -0.2) is 0 Å². The Morgan fingerprint density at radius 1 is 1.33 bits per heavy atom. The second kappa shape index (κ2) is 4.21. The molecule has 1 atom stereocenters. The van der Waals surface area contributed by atoms with Gasteiger partial charge in [-0.1, -0.05) is 0 Å². The second-order valence-electron chi connectivity index (χ2n) is 4.25. The van der Waals surface area contributed by atoms with Gasteiger partial charge in [0, 0.05) is 18.5 Å². The largest absolute Gasteiger partial charge is 0.454 e. The number of hydrogen-bond acceptors (Lipinski definition) is 4. The van der Waals surface area contributed by atoms with E-state index in [0.29, 0.717) is 30.0 Å². The molecule has 2 heterocycles. The Morgan fingerprint density at radius 2 is 2.17 bits per heavy atom. The van der Waals surface area contributed by atoms with Crippen LogP contribution in [0.1, 0.15) is 16.8 Å². The van der Waals surface area contributed by atoms with Gasteiger partial charge in [0.1, 0.15) is 0 Å². The number of amides is 2. The Hall–Kier alpha value is -2.24. The lowest BCUT2D eigenvalue weighted by Crippen LogP contribution is -2.36. The zero-order valence-electron chi connectivity index (χ0n) is 9.56. The molecule has 0 bridgehead atoms. The van der Waals surface area contributed by atoms with E-state index < -0.39 is 0 Å². The fourth-order valence-electron chi connectivity index (χ4n) is 2.01. The Bertz CT molecular complexity index is 515. The van der Waals surface area contributed by atoms with Crippen LogP contribution < -0.4 is 20.1 Å². The van der Waals surface area contributed by atoms with E-state index in [-0.39, 0.29) is 24.6 Å². The van der Waals surface area contributed by atoms with E-state index in [1.165, 1.54) is 0 Å². The second-order valence-corrected chi connectivity index (χ2v) is 4.25. The average Bonchev–Trinajstić information content (AvgIpc) is 2.96. The number of ether oxygens (including phenoxy) is 2. The van der Waals surface area contributed by atoms with Gasteiger partial charge in [-0.3, -0.25) is 9.59 Å². The molecule has 2 amide bonds. The SMILES string of the molecule is O=C1CC(NC(=O)c2ccc3c(c2)OCO3)CN1. The molecule has 1 unspecified atom stereocenters. The lowest BCUT2D eigenvalue weighted by Gasteiger charge is -2.10. The molecule has 1 aromatic rings. The summed E-state index contributed by atoms with van der Waals surface area (Å²) >= 11 is 0. The molecular formula is C12H12N2O4. The van der Waals surface area contributed by atoms with Crippen LogP contribution in [0, 0.1) is 0 Å². The molecule has 0 aliphatic carbocycles. The fraction of sp³-hybridized carbons (Fsp3) is 0.333. The van der Waals surface area contributed by atoms with Crippen molar-refractivity contribution in [1.82, 2.24) is 10.6 Å². The monoisotopic (exact) mass is 248 g/mol. The van der Waals surface area contributed by atoms with E-state index in [1.54, 1.807) is 18.2 Å². The van der Waals surface area contributed by atoms with E-state index in [9.17, 15) is 9.59 Å². The zero-order valence-corrected chi connectivity index (χ0v) is 9.56. The van der Waals surface area contributed by atoms with E-state index in [4.69, 9.17) is 9.47 Å². The van der Waals surface area contributed by atoms with Crippen molar-refractivity contribution in [3.63, 3.8) is 0 Å². The first-order chi connectivity index (χ1) is 8.72. The van der Waals surface area contributed by atoms with Gasteiger partial charge >= 0.3 is 0 Å². The van der Waals surface area contributed by atoms with Crippen LogP contribution in [0.2, 0.25) is 0 Å². The number of carbonyl (C=O) groups is 2. The molecule has 1 aromatic carbocycles. The van der Waals surface area contributed by atoms with E-state index in [0.717, 1.165) is 0 Å². The molecule has 6 nitrogen and oxygen atoms in total. The third-order valence-corrected chi connectivity index (χ3v) is 2.95. The first kappa shape index (κ1) is 10.9. The van der Waals surface area contributed by atoms with Crippen LogP contribution >= 0.6 is 0 Å². The minimum absolute atomic E-state index is 0.0361. The van der Waals surface area contributed by atoms with Crippen molar-refractivity contribution in [3.8, 4) is 11.5 Å². The van der Waals surface area contributed by atoms with Crippen LogP contribution in [0.4, 0.5) is 0 Å². The molecule has 3 rings (SSSR count). The van der Waals surface area contributed by atoms with Crippen molar-refractivity contribution >= 4 is 11.8 Å². The molecule has 6 heteroatoms. The Balaban J connectivity index is 1.70. The Labute approximate surface area is 103 Å². The Morgan fingerprint density at radius 3 is 2.94 bits per heavy atom. The van der Waals surface area contributed by atoms with Crippen molar-refractivity contribution in [3.05, 3.63) is 23.8 Å². The predicted molar refractivity (Wildman–Crippen MR) is 61.4 cm³/mol. The number of carbonyl (C=O) groups excluding carboxylic acids is 2. The Kier molecular flexibility index (Phi) is 2.55. The lowest BCUT2D eigenvalue weighted by atomic mass is 10.1. The minimum Gasteiger partial charge on any atom is -0.454 e. The molecule has 2 aliphatic rings. The van der Waals surface area contributed by atoms with Crippen LogP contribution in [0.15, 0.2) is 18.2 Å². The maximum absolute atomic E-state index is 12.0. The summed E-state index contributed by atoms with van der Waals surface area (Å²) < 4.78 is 10.4. The summed E-state index contributed by atoms with van der Waals surface area (Å²) in [6, 6.07) is 4.87. The van der Waals surface area contributed by atoms with Crippen LogP contribution in [-0.2, 0) is 4.79 Å². The van der Waals surface area contributed by atoms with Gasteiger partial charge in [0.15, 0.2) is 11.5 Å². The molecule has 0 radical (unpaired) electrons. The van der Waals surface area contributed by atoms with Crippen molar-refractivity contribution in [1.29, 1.82) is 0 Å². The molecule has 2 aliphatic heterocycles. The van der Waals surface area contributed by atoms with Gasteiger partial charge in [-0.15, -0.1) is 0 Å². The summed E-state index contributed by atoms with van der Waals surface area (Å²) in [4.78, 5) is 23.0. The van der Waals surface area contributed by atoms with E-state index >= 15 is 0 Å². The maximum Gasteiger partial charge on any atom is 0.251 e. The van der Waals surface area contributed by atoms with Gasteiger partial charge in [0.05, 0.1) is 6.04 Å². The lowest BCUT2D eigenvalue weighted by molar-refractivity contribution is -0.119. The van der Waals surface area contributed by atoms with Crippen LogP contribution in [0.3, 0.4) is 0 Å². The number of nitrogens with one attached hydrogen (secondary N) is 2. The highest BCUT2D eigenvalue weighted by Crippen LogP contribution is 2.32. The summed E-state index contributed by atoms with van der Waals surface area (Å²) in [5.74, 6) is 0.966. The standard InChI is InChI=1S/C12H12N2O4/c15-11-4-8(5-13-11)14-12(16)7-1-2-9-10(3-7)18-6-17-9/h1-3,8H,4-6H2,(H,13,15)(H,14,16). The van der Waals surface area contributed by atoms with E-state index in [1.807, 2.05) is 0 Å². The summed E-state index contributed by atoms with van der Waals surface area (Å²) in [6.07, 6.45) is 0.330. The van der Waals surface area contributed by atoms with Crippen LogP contribution in [-0.4, -0.2) is 31.2 Å². The topological polar surface area (TPSA) is 76.7 Å². The normalized spacial score (nSPS) is 20.7. The highest BCUT2D eigenvalue weighted by Gasteiger charge is 2.24. The summed E-state index contributed by atoms with van der Waals surface area (Å²) in [6.45, 7) is 0.663. The molecule has 94 valence electrons. The molecule has 18 heavy (non-hydrogen) atoms. The third-order valence-electron chi connectivity index (χ3n) is 2.95. The zero-order chi connectivity index (χ0) is 12.5. The number of benzene rings is 1. The molecule has 1 saturated heterocycles. The molecule has 0 aromatic heterocycles. The molecule has 2 N–H and O–H groups in total. The highest BCUT2D eigenvalue weighted by atomic mass is 16.7. The summed E-state index contributed by atoms with van der Waals surface area (Å²) in [7, 11) is 0. The van der Waals surface area contributed by atoms with Crippen LogP contribution in [0.25, 0.3) is 0 Å². The molecule has 0 saturated carbocycles. The first-order valence-corrected chi connectivity index (χ1v) is 5.69. The van der Waals surface area contributed by atoms with Gasteiger partial charge < -0.3 is 20.1 Å². The summed E-state index contributed by atoms with van der Waals surface area (Å²) in [5.41, 5.74) is 0.499. The number of rotatable bonds is 2.